The number of carbonyl (C=O) groups excluding carboxylic acids is 1. The summed E-state index contributed by atoms with van der Waals surface area (Å²) in [4.78, 5) is 13.0. The molecule has 2 aliphatic carbocycles. The van der Waals surface area contributed by atoms with Gasteiger partial charge in [-0.15, -0.1) is 0 Å². The molecule has 3 fully saturated rings. The maximum atomic E-state index is 13.0. The molecule has 1 aromatic rings. The fourth-order valence-corrected chi connectivity index (χ4v) is 5.92. The monoisotopic (exact) mass is 418 g/mol. The van der Waals surface area contributed by atoms with Crippen LogP contribution in [0.3, 0.4) is 0 Å². The Balaban J connectivity index is 1.58. The zero-order chi connectivity index (χ0) is 21.8. The van der Waals surface area contributed by atoms with E-state index < -0.39 is 11.6 Å². The fourth-order valence-electron chi connectivity index (χ4n) is 5.92. The highest BCUT2D eigenvalue weighted by Crippen LogP contribution is 2.63. The molecule has 166 valence electrons. The molecule has 1 heterocycles. The van der Waals surface area contributed by atoms with Gasteiger partial charge in [0.15, 0.2) is 11.5 Å². The highest BCUT2D eigenvalue weighted by molar-refractivity contribution is 5.90. The predicted molar refractivity (Wildman–Crippen MR) is 112 cm³/mol. The Labute approximate surface area is 178 Å². The lowest BCUT2D eigenvalue weighted by Crippen LogP contribution is -2.41. The van der Waals surface area contributed by atoms with Crippen molar-refractivity contribution in [3.05, 3.63) is 23.8 Å². The van der Waals surface area contributed by atoms with E-state index in [2.05, 4.69) is 20.8 Å². The first-order valence-electron chi connectivity index (χ1n) is 10.9. The highest BCUT2D eigenvalue weighted by Gasteiger charge is 2.69. The van der Waals surface area contributed by atoms with Crippen molar-refractivity contribution in [2.45, 2.75) is 70.4 Å². The van der Waals surface area contributed by atoms with Gasteiger partial charge in [-0.05, 0) is 68.6 Å². The summed E-state index contributed by atoms with van der Waals surface area (Å²) in [5.74, 6) is 1.59. The number of methoxy groups -OCH3 is 2. The van der Waals surface area contributed by atoms with Gasteiger partial charge in [0.2, 0.25) is 0 Å². The number of carbonyl (C=O) groups is 1. The van der Waals surface area contributed by atoms with E-state index in [1.165, 1.54) is 7.11 Å². The molecule has 1 aliphatic heterocycles. The van der Waals surface area contributed by atoms with Gasteiger partial charge in [-0.3, -0.25) is 0 Å². The molecule has 1 saturated heterocycles. The maximum absolute atomic E-state index is 13.0. The molecule has 0 unspecified atom stereocenters. The predicted octanol–water partition coefficient (Wildman–Crippen LogP) is 3.84. The molecule has 3 aliphatic rings. The second-order valence-electron chi connectivity index (χ2n) is 9.96. The number of fused-ring (bicyclic) bond motifs is 3. The number of ether oxygens (including phenoxy) is 4. The molecule has 2 saturated carbocycles. The summed E-state index contributed by atoms with van der Waals surface area (Å²) < 4.78 is 22.6. The van der Waals surface area contributed by atoms with Crippen molar-refractivity contribution in [1.82, 2.24) is 0 Å². The molecule has 0 spiro atoms. The van der Waals surface area contributed by atoms with Gasteiger partial charge in [-0.1, -0.05) is 13.8 Å². The van der Waals surface area contributed by atoms with Crippen LogP contribution in [0.1, 0.15) is 57.3 Å². The lowest BCUT2D eigenvalue weighted by Gasteiger charge is -2.35. The topological polar surface area (TPSA) is 77.5 Å². The minimum Gasteiger partial charge on any atom is -0.493 e. The van der Waals surface area contributed by atoms with Crippen molar-refractivity contribution in [2.75, 3.05) is 14.2 Å². The molecule has 0 aromatic heterocycles. The number of esters is 1. The summed E-state index contributed by atoms with van der Waals surface area (Å²) in [7, 11) is 3.10. The first kappa shape index (κ1) is 21.4. The number of epoxide rings is 1. The molecule has 0 radical (unpaired) electrons. The average Bonchev–Trinajstić information content (AvgIpc) is 3.30. The van der Waals surface area contributed by atoms with Crippen LogP contribution >= 0.6 is 0 Å². The summed E-state index contributed by atoms with van der Waals surface area (Å²) in [6.07, 6.45) is 2.13. The van der Waals surface area contributed by atoms with Crippen LogP contribution in [0.5, 0.6) is 11.5 Å². The molecule has 0 amide bonds. The number of rotatable bonds is 5. The molecule has 0 bridgehead atoms. The Morgan fingerprint density at radius 1 is 1.13 bits per heavy atom. The third kappa shape index (κ3) is 3.48. The Hall–Kier alpha value is -1.79. The van der Waals surface area contributed by atoms with E-state index in [4.69, 9.17) is 18.9 Å². The van der Waals surface area contributed by atoms with Gasteiger partial charge in [-0.2, -0.15) is 0 Å². The van der Waals surface area contributed by atoms with Crippen LogP contribution in [0.15, 0.2) is 18.2 Å². The Morgan fingerprint density at radius 2 is 1.83 bits per heavy atom. The van der Waals surface area contributed by atoms with Crippen LogP contribution in [0, 0.1) is 23.7 Å². The van der Waals surface area contributed by atoms with Crippen molar-refractivity contribution in [1.29, 1.82) is 0 Å². The van der Waals surface area contributed by atoms with Crippen LogP contribution in [0.4, 0.5) is 0 Å². The minimum atomic E-state index is -0.892. The first-order valence-corrected chi connectivity index (χ1v) is 10.9. The van der Waals surface area contributed by atoms with Gasteiger partial charge in [0.05, 0.1) is 37.1 Å². The standard InChI is InChI=1S/C24H34O6/c1-13(2)15-10-17-16(11-21-24(17,4)30-21)23(3,26)12-20(15)29-22(25)14-7-8-18(27-5)19(9-14)28-6/h7-9,13,15-17,20-21,26H,10-12H2,1-6H3/t15-,16-,17+,20-,21-,23+,24+/m1/s1. The summed E-state index contributed by atoms with van der Waals surface area (Å²) in [6.45, 7) is 8.41. The van der Waals surface area contributed by atoms with Gasteiger partial charge in [-0.25, -0.2) is 4.79 Å². The Kier molecular flexibility index (Phi) is 5.30. The van der Waals surface area contributed by atoms with Crippen molar-refractivity contribution >= 4 is 5.97 Å². The van der Waals surface area contributed by atoms with E-state index in [9.17, 15) is 9.90 Å². The number of benzene rings is 1. The summed E-state index contributed by atoms with van der Waals surface area (Å²) >= 11 is 0. The Morgan fingerprint density at radius 3 is 2.47 bits per heavy atom. The third-order valence-corrected chi connectivity index (χ3v) is 7.82. The van der Waals surface area contributed by atoms with E-state index in [1.54, 1.807) is 25.3 Å². The summed E-state index contributed by atoms with van der Waals surface area (Å²) in [5.41, 5.74) is -0.613. The lowest BCUT2D eigenvalue weighted by molar-refractivity contribution is -0.0657. The zero-order valence-corrected chi connectivity index (χ0v) is 18.8. The fraction of sp³-hybridized carbons (Fsp3) is 0.708. The smallest absolute Gasteiger partial charge is 0.338 e. The molecular formula is C24H34O6. The zero-order valence-electron chi connectivity index (χ0n) is 18.8. The van der Waals surface area contributed by atoms with E-state index in [-0.39, 0.29) is 35.6 Å². The lowest BCUT2D eigenvalue weighted by atomic mass is 9.76. The quantitative estimate of drug-likeness (QED) is 0.578. The van der Waals surface area contributed by atoms with Crippen molar-refractivity contribution in [2.24, 2.45) is 23.7 Å². The van der Waals surface area contributed by atoms with Gasteiger partial charge < -0.3 is 24.1 Å². The second kappa shape index (κ2) is 7.41. The first-order chi connectivity index (χ1) is 14.1. The number of hydrogen-bond acceptors (Lipinski definition) is 6. The number of hydrogen-bond donors (Lipinski definition) is 1. The minimum absolute atomic E-state index is 0.135. The molecule has 6 heteroatoms. The van der Waals surface area contributed by atoms with E-state index in [1.807, 2.05) is 6.92 Å². The van der Waals surface area contributed by atoms with E-state index in [0.717, 1.165) is 12.8 Å². The molecule has 1 N–H and O–H groups in total. The SMILES string of the molecule is COc1ccc(C(=O)O[C@@H]2C[C@](C)(O)[C@@H]3C[C@H]4O[C@@]4(C)[C@H]3C[C@@H]2C(C)C)cc1OC. The molecule has 6 nitrogen and oxygen atoms in total. The van der Waals surface area contributed by atoms with E-state index in [0.29, 0.717) is 29.4 Å². The van der Waals surface area contributed by atoms with Crippen LogP contribution in [-0.2, 0) is 9.47 Å². The molecular weight excluding hydrogens is 384 g/mol. The van der Waals surface area contributed by atoms with Crippen LogP contribution in [0.2, 0.25) is 0 Å². The second-order valence-corrected chi connectivity index (χ2v) is 9.96. The van der Waals surface area contributed by atoms with Crippen LogP contribution < -0.4 is 9.47 Å². The van der Waals surface area contributed by atoms with Gasteiger partial charge in [0, 0.05) is 6.42 Å². The van der Waals surface area contributed by atoms with Crippen molar-refractivity contribution < 1.29 is 28.8 Å². The molecule has 30 heavy (non-hydrogen) atoms. The Bertz CT molecular complexity index is 818. The highest BCUT2D eigenvalue weighted by atomic mass is 16.6. The van der Waals surface area contributed by atoms with Crippen LogP contribution in [-0.4, -0.2) is 48.7 Å². The maximum Gasteiger partial charge on any atom is 0.338 e. The average molecular weight is 419 g/mol. The largest absolute Gasteiger partial charge is 0.493 e. The summed E-state index contributed by atoms with van der Waals surface area (Å²) in [5, 5.41) is 11.4. The van der Waals surface area contributed by atoms with Crippen molar-refractivity contribution in [3.63, 3.8) is 0 Å². The number of aliphatic hydroxyl groups is 1. The van der Waals surface area contributed by atoms with Gasteiger partial charge in [0.1, 0.15) is 6.10 Å². The van der Waals surface area contributed by atoms with Crippen LogP contribution in [0.25, 0.3) is 0 Å². The van der Waals surface area contributed by atoms with Gasteiger partial charge in [0.25, 0.3) is 0 Å². The molecule has 4 rings (SSSR count). The molecule has 1 aromatic carbocycles. The third-order valence-electron chi connectivity index (χ3n) is 7.82. The van der Waals surface area contributed by atoms with Crippen molar-refractivity contribution in [3.8, 4) is 11.5 Å². The normalized spacial score (nSPS) is 39.7. The summed E-state index contributed by atoms with van der Waals surface area (Å²) in [6, 6.07) is 5.02. The molecule has 7 atom stereocenters. The van der Waals surface area contributed by atoms with Gasteiger partial charge >= 0.3 is 5.97 Å². The van der Waals surface area contributed by atoms with E-state index >= 15 is 0 Å².